The second kappa shape index (κ2) is 5.21. The van der Waals surface area contributed by atoms with Crippen molar-refractivity contribution in [1.82, 2.24) is 14.6 Å². The van der Waals surface area contributed by atoms with Gasteiger partial charge < -0.3 is 5.11 Å². The van der Waals surface area contributed by atoms with Crippen LogP contribution < -0.4 is 0 Å². The van der Waals surface area contributed by atoms with Gasteiger partial charge in [-0.1, -0.05) is 6.07 Å². The molecule has 0 bridgehead atoms. The molecule has 1 aliphatic heterocycles. The summed E-state index contributed by atoms with van der Waals surface area (Å²) in [4.78, 5) is 11.3. The number of hydrogen-bond acceptors (Lipinski definition) is 4. The van der Waals surface area contributed by atoms with Gasteiger partial charge in [-0.25, -0.2) is 4.79 Å². The van der Waals surface area contributed by atoms with E-state index < -0.39 is 5.97 Å². The predicted octanol–water partition coefficient (Wildman–Crippen LogP) is 2.11. The van der Waals surface area contributed by atoms with Gasteiger partial charge in [0.25, 0.3) is 0 Å². The van der Waals surface area contributed by atoms with Crippen molar-refractivity contribution in [2.45, 2.75) is 19.3 Å². The van der Waals surface area contributed by atoms with E-state index in [1.165, 1.54) is 18.6 Å². The molecule has 3 heterocycles. The number of pyridine rings is 1. The van der Waals surface area contributed by atoms with Crippen LogP contribution in [0.15, 0.2) is 18.2 Å². The molecule has 1 saturated heterocycles. The lowest BCUT2D eigenvalue weighted by molar-refractivity contribution is 0.0688. The Balaban J connectivity index is 1.96. The SMILES string of the molecule is O=C(O)c1cccc2nnc(CC3CCCSC3)n12. The van der Waals surface area contributed by atoms with E-state index in [-0.39, 0.29) is 5.69 Å². The van der Waals surface area contributed by atoms with E-state index in [1.807, 2.05) is 11.8 Å². The predicted molar refractivity (Wildman–Crippen MR) is 73.7 cm³/mol. The van der Waals surface area contributed by atoms with E-state index in [2.05, 4.69) is 10.2 Å². The molecule has 1 aliphatic rings. The van der Waals surface area contributed by atoms with Gasteiger partial charge in [0.05, 0.1) is 0 Å². The van der Waals surface area contributed by atoms with E-state index in [4.69, 9.17) is 0 Å². The zero-order valence-corrected chi connectivity index (χ0v) is 11.3. The summed E-state index contributed by atoms with van der Waals surface area (Å²) in [6, 6.07) is 5.09. The number of nitrogens with zero attached hydrogens (tertiary/aromatic N) is 3. The average molecular weight is 277 g/mol. The van der Waals surface area contributed by atoms with Crippen LogP contribution in [-0.4, -0.2) is 37.2 Å². The lowest BCUT2D eigenvalue weighted by Gasteiger charge is -2.20. The van der Waals surface area contributed by atoms with Gasteiger partial charge in [-0.2, -0.15) is 11.8 Å². The van der Waals surface area contributed by atoms with Crippen molar-refractivity contribution >= 4 is 23.4 Å². The third-order valence-corrected chi connectivity index (χ3v) is 4.72. The van der Waals surface area contributed by atoms with Crippen LogP contribution in [-0.2, 0) is 6.42 Å². The van der Waals surface area contributed by atoms with Gasteiger partial charge in [-0.05, 0) is 42.4 Å². The first kappa shape index (κ1) is 12.5. The van der Waals surface area contributed by atoms with Crippen LogP contribution >= 0.6 is 11.8 Å². The third kappa shape index (κ3) is 2.45. The summed E-state index contributed by atoms with van der Waals surface area (Å²) in [5, 5.41) is 17.5. The Hall–Kier alpha value is -1.56. The zero-order valence-electron chi connectivity index (χ0n) is 10.5. The van der Waals surface area contributed by atoms with Crippen LogP contribution in [0.2, 0.25) is 0 Å². The van der Waals surface area contributed by atoms with Crippen molar-refractivity contribution in [2.24, 2.45) is 5.92 Å². The van der Waals surface area contributed by atoms with Crippen LogP contribution in [0.1, 0.15) is 29.2 Å². The van der Waals surface area contributed by atoms with Gasteiger partial charge in [-0.15, -0.1) is 10.2 Å². The first-order valence-corrected chi connectivity index (χ1v) is 7.55. The molecule has 0 aliphatic carbocycles. The second-order valence-corrected chi connectivity index (χ2v) is 5.96. The summed E-state index contributed by atoms with van der Waals surface area (Å²) in [5.74, 6) is 2.76. The molecular weight excluding hydrogens is 262 g/mol. The lowest BCUT2D eigenvalue weighted by Crippen LogP contribution is -2.16. The van der Waals surface area contributed by atoms with Gasteiger partial charge in [0, 0.05) is 6.42 Å². The minimum atomic E-state index is -0.940. The van der Waals surface area contributed by atoms with Crippen molar-refractivity contribution in [3.05, 3.63) is 29.7 Å². The Morgan fingerprint density at radius 2 is 2.37 bits per heavy atom. The largest absolute Gasteiger partial charge is 0.477 e. The fourth-order valence-corrected chi connectivity index (χ4v) is 3.68. The van der Waals surface area contributed by atoms with Crippen LogP contribution in [0.3, 0.4) is 0 Å². The first-order valence-electron chi connectivity index (χ1n) is 6.40. The topological polar surface area (TPSA) is 67.5 Å². The summed E-state index contributed by atoms with van der Waals surface area (Å²) in [6.45, 7) is 0. The molecule has 19 heavy (non-hydrogen) atoms. The van der Waals surface area contributed by atoms with Gasteiger partial charge in [-0.3, -0.25) is 4.40 Å². The number of hydrogen-bond donors (Lipinski definition) is 1. The monoisotopic (exact) mass is 277 g/mol. The standard InChI is InChI=1S/C13H15N3O2S/c17-13(18)10-4-1-5-11-14-15-12(16(10)11)7-9-3-2-6-19-8-9/h1,4-5,9H,2-3,6-8H2,(H,17,18). The zero-order chi connectivity index (χ0) is 13.2. The fourth-order valence-electron chi connectivity index (χ4n) is 2.53. The number of carbonyl (C=O) groups is 1. The number of carboxylic acids is 1. The average Bonchev–Trinajstić information content (AvgIpc) is 2.83. The number of aromatic nitrogens is 3. The van der Waals surface area contributed by atoms with Gasteiger partial charge >= 0.3 is 5.97 Å². The van der Waals surface area contributed by atoms with Crippen molar-refractivity contribution < 1.29 is 9.90 Å². The number of carboxylic acid groups (broad SMARTS) is 1. The smallest absolute Gasteiger partial charge is 0.352 e. The minimum Gasteiger partial charge on any atom is -0.477 e. The van der Waals surface area contributed by atoms with Crippen LogP contribution in [0.5, 0.6) is 0 Å². The molecule has 2 aromatic heterocycles. The van der Waals surface area contributed by atoms with Crippen LogP contribution in [0.4, 0.5) is 0 Å². The van der Waals surface area contributed by atoms with Crippen molar-refractivity contribution in [3.63, 3.8) is 0 Å². The molecule has 5 nitrogen and oxygen atoms in total. The van der Waals surface area contributed by atoms with Crippen LogP contribution in [0.25, 0.3) is 5.65 Å². The second-order valence-electron chi connectivity index (χ2n) is 4.81. The molecule has 0 aromatic carbocycles. The highest BCUT2D eigenvalue weighted by molar-refractivity contribution is 7.99. The summed E-state index contributed by atoms with van der Waals surface area (Å²) in [7, 11) is 0. The molecule has 1 N–H and O–H groups in total. The minimum absolute atomic E-state index is 0.237. The summed E-state index contributed by atoms with van der Waals surface area (Å²) in [5.41, 5.74) is 0.847. The highest BCUT2D eigenvalue weighted by Crippen LogP contribution is 2.25. The Bertz CT molecular complexity index is 605. The quantitative estimate of drug-likeness (QED) is 0.930. The van der Waals surface area contributed by atoms with Crippen LogP contribution in [0, 0.1) is 5.92 Å². The molecular formula is C13H15N3O2S. The molecule has 0 amide bonds. The Kier molecular flexibility index (Phi) is 3.42. The number of aromatic carboxylic acids is 1. The van der Waals surface area contributed by atoms with E-state index in [0.29, 0.717) is 11.6 Å². The molecule has 2 aromatic rings. The van der Waals surface area contributed by atoms with Crippen molar-refractivity contribution in [3.8, 4) is 0 Å². The molecule has 6 heteroatoms. The van der Waals surface area contributed by atoms with E-state index in [1.54, 1.807) is 22.6 Å². The van der Waals surface area contributed by atoms with E-state index in [9.17, 15) is 9.90 Å². The lowest BCUT2D eigenvalue weighted by atomic mass is 10.0. The summed E-state index contributed by atoms with van der Waals surface area (Å²) < 4.78 is 1.67. The van der Waals surface area contributed by atoms with E-state index in [0.717, 1.165) is 18.0 Å². The van der Waals surface area contributed by atoms with Gasteiger partial charge in [0.2, 0.25) is 0 Å². The molecule has 1 atom stereocenters. The first-order chi connectivity index (χ1) is 9.25. The third-order valence-electron chi connectivity index (χ3n) is 3.44. The molecule has 0 saturated carbocycles. The highest BCUT2D eigenvalue weighted by atomic mass is 32.2. The normalized spacial score (nSPS) is 19.7. The van der Waals surface area contributed by atoms with E-state index >= 15 is 0 Å². The Morgan fingerprint density at radius 1 is 1.47 bits per heavy atom. The molecule has 1 fully saturated rings. The molecule has 0 radical (unpaired) electrons. The maximum Gasteiger partial charge on any atom is 0.352 e. The fraction of sp³-hybridized carbons (Fsp3) is 0.462. The maximum absolute atomic E-state index is 11.3. The number of thioether (sulfide) groups is 1. The molecule has 3 rings (SSSR count). The molecule has 0 spiro atoms. The van der Waals surface area contributed by atoms with Gasteiger partial charge in [0.1, 0.15) is 11.5 Å². The number of rotatable bonds is 3. The highest BCUT2D eigenvalue weighted by Gasteiger charge is 2.19. The van der Waals surface area contributed by atoms with Crippen molar-refractivity contribution in [2.75, 3.05) is 11.5 Å². The van der Waals surface area contributed by atoms with Gasteiger partial charge in [0.15, 0.2) is 5.65 Å². The maximum atomic E-state index is 11.3. The van der Waals surface area contributed by atoms with Crippen molar-refractivity contribution in [1.29, 1.82) is 0 Å². The summed E-state index contributed by atoms with van der Waals surface area (Å²) >= 11 is 1.97. The molecule has 100 valence electrons. The summed E-state index contributed by atoms with van der Waals surface area (Å²) in [6.07, 6.45) is 3.23. The number of fused-ring (bicyclic) bond motifs is 1. The Morgan fingerprint density at radius 3 is 3.11 bits per heavy atom. The molecule has 1 unspecified atom stereocenters. The Labute approximate surface area is 115 Å².